The first-order chi connectivity index (χ1) is 11.0. The predicted octanol–water partition coefficient (Wildman–Crippen LogP) is 1.80. The van der Waals surface area contributed by atoms with Crippen LogP contribution in [0.1, 0.15) is 45.8 Å². The van der Waals surface area contributed by atoms with E-state index in [0.29, 0.717) is 18.6 Å². The Labute approximate surface area is 142 Å². The van der Waals surface area contributed by atoms with Gasteiger partial charge in [-0.1, -0.05) is 13.8 Å². The number of hydrogen-bond acceptors (Lipinski definition) is 5. The van der Waals surface area contributed by atoms with Crippen molar-refractivity contribution in [1.82, 2.24) is 4.72 Å². The molecule has 24 heavy (non-hydrogen) atoms. The number of ketones is 1. The molecule has 2 aliphatic carbocycles. The zero-order valence-electron chi connectivity index (χ0n) is 14.3. The molecule has 1 aromatic heterocycles. The van der Waals surface area contributed by atoms with E-state index in [1.807, 2.05) is 13.8 Å². The van der Waals surface area contributed by atoms with Crippen LogP contribution in [0.4, 0.5) is 0 Å². The summed E-state index contributed by atoms with van der Waals surface area (Å²) in [6, 6.07) is 3.23. The van der Waals surface area contributed by atoms with Crippen LogP contribution in [0.2, 0.25) is 0 Å². The van der Waals surface area contributed by atoms with E-state index < -0.39 is 21.0 Å². The molecule has 2 aliphatic rings. The van der Waals surface area contributed by atoms with E-state index in [0.717, 1.165) is 6.42 Å². The first-order valence-electron chi connectivity index (χ1n) is 8.27. The van der Waals surface area contributed by atoms with Gasteiger partial charge >= 0.3 is 0 Å². The van der Waals surface area contributed by atoms with E-state index in [-0.39, 0.29) is 29.4 Å². The van der Waals surface area contributed by atoms with Crippen molar-refractivity contribution < 1.29 is 22.7 Å². The Morgan fingerprint density at radius 3 is 2.67 bits per heavy atom. The fourth-order valence-electron chi connectivity index (χ4n) is 4.41. The van der Waals surface area contributed by atoms with Crippen LogP contribution < -0.4 is 4.72 Å². The number of sulfonamides is 1. The number of hydrogen-bond donors (Lipinski definition) is 2. The average molecular weight is 355 g/mol. The Balaban J connectivity index is 1.74. The summed E-state index contributed by atoms with van der Waals surface area (Å²) in [6.07, 6.45) is 3.43. The summed E-state index contributed by atoms with van der Waals surface area (Å²) in [4.78, 5) is 12.5. The van der Waals surface area contributed by atoms with Crippen LogP contribution >= 0.6 is 0 Å². The van der Waals surface area contributed by atoms with Crippen LogP contribution in [-0.4, -0.2) is 31.6 Å². The molecule has 2 N–H and O–H groups in total. The fraction of sp³-hybridized carbons (Fsp3) is 0.706. The lowest BCUT2D eigenvalue weighted by Crippen LogP contribution is -2.47. The summed E-state index contributed by atoms with van der Waals surface area (Å²) in [6.45, 7) is 5.30. The second kappa shape index (κ2) is 5.41. The molecule has 7 heteroatoms. The van der Waals surface area contributed by atoms with Crippen LogP contribution in [0.3, 0.4) is 0 Å². The molecule has 2 bridgehead atoms. The third kappa shape index (κ3) is 2.62. The number of carbonyl (C=O) groups excluding carboxylic acids is 1. The van der Waals surface area contributed by atoms with Gasteiger partial charge in [-0.2, -0.15) is 0 Å². The highest BCUT2D eigenvalue weighted by molar-refractivity contribution is 7.89. The number of rotatable bonds is 6. The SMILES string of the molecule is CC1(C)[C@H]2CC[C@]1(CS(=O)(=O)NC[C@@](C)(O)c1ccco1)C(=O)C2. The lowest BCUT2D eigenvalue weighted by atomic mass is 9.70. The van der Waals surface area contributed by atoms with Crippen molar-refractivity contribution in [3.05, 3.63) is 24.2 Å². The third-order valence-electron chi connectivity index (χ3n) is 6.26. The van der Waals surface area contributed by atoms with Crippen molar-refractivity contribution in [3.8, 4) is 0 Å². The zero-order valence-corrected chi connectivity index (χ0v) is 15.1. The number of furan rings is 1. The summed E-state index contributed by atoms with van der Waals surface area (Å²) in [5.74, 6) is 0.413. The molecular formula is C17H25NO5S. The number of nitrogens with one attached hydrogen (secondary N) is 1. The molecular weight excluding hydrogens is 330 g/mol. The van der Waals surface area contributed by atoms with Crippen molar-refractivity contribution in [2.24, 2.45) is 16.7 Å². The molecule has 0 saturated heterocycles. The van der Waals surface area contributed by atoms with Gasteiger partial charge in [0.1, 0.15) is 17.1 Å². The van der Waals surface area contributed by atoms with E-state index in [1.54, 1.807) is 12.1 Å². The van der Waals surface area contributed by atoms with Crippen LogP contribution in [0.5, 0.6) is 0 Å². The van der Waals surface area contributed by atoms with Gasteiger partial charge in [0.25, 0.3) is 0 Å². The third-order valence-corrected chi connectivity index (χ3v) is 7.72. The zero-order chi connectivity index (χ0) is 17.8. The second-order valence-corrected chi connectivity index (χ2v) is 9.80. The van der Waals surface area contributed by atoms with Gasteiger partial charge in [-0.05, 0) is 43.2 Å². The summed E-state index contributed by atoms with van der Waals surface area (Å²) in [7, 11) is -3.71. The van der Waals surface area contributed by atoms with E-state index in [9.17, 15) is 18.3 Å². The van der Waals surface area contributed by atoms with Gasteiger partial charge in [-0.15, -0.1) is 0 Å². The molecule has 134 valence electrons. The minimum Gasteiger partial charge on any atom is -0.466 e. The maximum atomic E-state index is 12.6. The average Bonchev–Trinajstić information content (AvgIpc) is 3.12. The van der Waals surface area contributed by atoms with E-state index in [1.165, 1.54) is 13.2 Å². The summed E-state index contributed by atoms with van der Waals surface area (Å²) < 4.78 is 32.8. The molecule has 0 radical (unpaired) electrons. The quantitative estimate of drug-likeness (QED) is 0.811. The Bertz CT molecular complexity index is 735. The van der Waals surface area contributed by atoms with Crippen molar-refractivity contribution in [1.29, 1.82) is 0 Å². The Hall–Kier alpha value is -1.18. The minimum absolute atomic E-state index is 0.0620. The summed E-state index contributed by atoms with van der Waals surface area (Å²) in [5, 5.41) is 10.4. The molecule has 0 unspecified atom stereocenters. The first-order valence-corrected chi connectivity index (χ1v) is 9.92. The monoisotopic (exact) mass is 355 g/mol. The number of aliphatic hydroxyl groups is 1. The van der Waals surface area contributed by atoms with Crippen molar-refractivity contribution >= 4 is 15.8 Å². The normalized spacial score (nSPS) is 31.3. The van der Waals surface area contributed by atoms with Crippen LogP contribution in [-0.2, 0) is 20.4 Å². The molecule has 0 amide bonds. The van der Waals surface area contributed by atoms with Gasteiger partial charge in [0, 0.05) is 18.4 Å². The Morgan fingerprint density at radius 2 is 2.17 bits per heavy atom. The standard InChI is InChI=1S/C17H25NO5S/c1-15(2)12-6-7-17(15,13(19)9-12)11-24(21,22)18-10-16(3,20)14-5-4-8-23-14/h4-5,8,12,18,20H,6-7,9-11H2,1-3H3/t12-,16+,17-/m0/s1. The lowest BCUT2D eigenvalue weighted by Gasteiger charge is -2.36. The molecule has 3 rings (SSSR count). The van der Waals surface area contributed by atoms with Crippen molar-refractivity contribution in [2.45, 2.75) is 45.6 Å². The molecule has 2 fully saturated rings. The van der Waals surface area contributed by atoms with Gasteiger partial charge in [-0.3, -0.25) is 4.79 Å². The Kier molecular flexibility index (Phi) is 3.97. The largest absolute Gasteiger partial charge is 0.466 e. The van der Waals surface area contributed by atoms with Gasteiger partial charge in [0.05, 0.1) is 12.0 Å². The molecule has 3 atom stereocenters. The molecule has 6 nitrogen and oxygen atoms in total. The van der Waals surface area contributed by atoms with E-state index in [4.69, 9.17) is 4.42 Å². The first kappa shape index (κ1) is 17.6. The van der Waals surface area contributed by atoms with Crippen molar-refractivity contribution in [2.75, 3.05) is 12.3 Å². The maximum Gasteiger partial charge on any atom is 0.212 e. The highest BCUT2D eigenvalue weighted by atomic mass is 32.2. The van der Waals surface area contributed by atoms with Crippen LogP contribution in [0.25, 0.3) is 0 Å². The minimum atomic E-state index is -3.71. The van der Waals surface area contributed by atoms with E-state index >= 15 is 0 Å². The smallest absolute Gasteiger partial charge is 0.212 e. The van der Waals surface area contributed by atoms with Gasteiger partial charge < -0.3 is 9.52 Å². The van der Waals surface area contributed by atoms with Gasteiger partial charge in [0.15, 0.2) is 0 Å². The highest BCUT2D eigenvalue weighted by Crippen LogP contribution is 2.64. The molecule has 0 aliphatic heterocycles. The van der Waals surface area contributed by atoms with Gasteiger partial charge in [0.2, 0.25) is 10.0 Å². The second-order valence-electron chi connectivity index (χ2n) is 8.00. The molecule has 1 heterocycles. The lowest BCUT2D eigenvalue weighted by molar-refractivity contribution is -0.128. The molecule has 0 aromatic carbocycles. The van der Waals surface area contributed by atoms with Crippen molar-refractivity contribution in [3.63, 3.8) is 0 Å². The Morgan fingerprint density at radius 1 is 1.46 bits per heavy atom. The highest BCUT2D eigenvalue weighted by Gasteiger charge is 2.65. The molecule has 2 saturated carbocycles. The van der Waals surface area contributed by atoms with Gasteiger partial charge in [-0.25, -0.2) is 13.1 Å². The maximum absolute atomic E-state index is 12.6. The number of Topliss-reactive ketones (excluding diaryl/α,β-unsaturated/α-hetero) is 1. The summed E-state index contributed by atoms with van der Waals surface area (Å²) in [5.41, 5.74) is -2.55. The molecule has 1 aromatic rings. The van der Waals surface area contributed by atoms with E-state index in [2.05, 4.69) is 4.72 Å². The fourth-order valence-corrected chi connectivity index (χ4v) is 6.34. The summed E-state index contributed by atoms with van der Waals surface area (Å²) >= 11 is 0. The predicted molar refractivity (Wildman–Crippen MR) is 88.6 cm³/mol. The van der Waals surface area contributed by atoms with Crippen LogP contribution in [0, 0.1) is 16.7 Å². The topological polar surface area (TPSA) is 96.6 Å². The molecule has 0 spiro atoms. The number of fused-ring (bicyclic) bond motifs is 2. The number of carbonyl (C=O) groups is 1. The van der Waals surface area contributed by atoms with Crippen LogP contribution in [0.15, 0.2) is 22.8 Å².